The predicted octanol–water partition coefficient (Wildman–Crippen LogP) is 1.29. The van der Waals surface area contributed by atoms with E-state index in [2.05, 4.69) is 10.6 Å². The number of ether oxygens (including phenoxy) is 2. The number of nitrogens with one attached hydrogen (secondary N) is 2. The summed E-state index contributed by atoms with van der Waals surface area (Å²) >= 11 is 0. The third-order valence-corrected chi connectivity index (χ3v) is 3.25. The highest BCUT2D eigenvalue weighted by Gasteiger charge is 2.26. The smallest absolute Gasteiger partial charge is 0.407 e. The fourth-order valence-corrected chi connectivity index (χ4v) is 2.16. The normalized spacial score (nSPS) is 22.8. The topological polar surface area (TPSA) is 59.6 Å². The third kappa shape index (κ3) is 4.22. The summed E-state index contributed by atoms with van der Waals surface area (Å²) in [5, 5.41) is 6.09. The summed E-state index contributed by atoms with van der Waals surface area (Å²) in [4.78, 5) is 11.7. The van der Waals surface area contributed by atoms with Crippen LogP contribution in [0.25, 0.3) is 0 Å². The summed E-state index contributed by atoms with van der Waals surface area (Å²) in [6, 6.07) is 9.64. The van der Waals surface area contributed by atoms with E-state index in [0.717, 1.165) is 25.1 Å². The van der Waals surface area contributed by atoms with Crippen LogP contribution in [0.1, 0.15) is 12.0 Å². The molecule has 1 saturated heterocycles. The van der Waals surface area contributed by atoms with Crippen LogP contribution in [0.3, 0.4) is 0 Å². The highest BCUT2D eigenvalue weighted by Crippen LogP contribution is 2.08. The Morgan fingerprint density at radius 2 is 2.21 bits per heavy atom. The van der Waals surface area contributed by atoms with Crippen LogP contribution in [0.15, 0.2) is 30.3 Å². The van der Waals surface area contributed by atoms with Crippen LogP contribution >= 0.6 is 0 Å². The van der Waals surface area contributed by atoms with Crippen molar-refractivity contribution in [3.63, 3.8) is 0 Å². The molecule has 0 radical (unpaired) electrons. The van der Waals surface area contributed by atoms with Crippen LogP contribution < -0.4 is 10.6 Å². The monoisotopic (exact) mass is 264 g/mol. The Morgan fingerprint density at radius 3 is 2.95 bits per heavy atom. The number of hydrogen-bond donors (Lipinski definition) is 2. The fourth-order valence-electron chi connectivity index (χ4n) is 2.16. The van der Waals surface area contributed by atoms with Crippen molar-refractivity contribution in [2.75, 3.05) is 20.2 Å². The number of methoxy groups -OCH3 is 1. The van der Waals surface area contributed by atoms with Gasteiger partial charge in [-0.2, -0.15) is 0 Å². The number of rotatable bonds is 4. The van der Waals surface area contributed by atoms with Crippen LogP contribution in [0, 0.1) is 0 Å². The molecule has 2 rings (SSSR count). The van der Waals surface area contributed by atoms with Gasteiger partial charge < -0.3 is 20.1 Å². The van der Waals surface area contributed by atoms with Gasteiger partial charge in [0.05, 0.1) is 12.1 Å². The Bertz CT molecular complexity index is 397. The highest BCUT2D eigenvalue weighted by molar-refractivity contribution is 5.67. The Hall–Kier alpha value is -1.59. The molecule has 0 unspecified atom stereocenters. The maximum absolute atomic E-state index is 11.7. The van der Waals surface area contributed by atoms with E-state index in [0.29, 0.717) is 0 Å². The lowest BCUT2D eigenvalue weighted by Gasteiger charge is -2.31. The van der Waals surface area contributed by atoms with Crippen molar-refractivity contribution in [1.82, 2.24) is 10.6 Å². The lowest BCUT2D eigenvalue weighted by molar-refractivity contribution is 0.0473. The predicted molar refractivity (Wildman–Crippen MR) is 71.8 cm³/mol. The minimum Gasteiger partial charge on any atom is -0.445 e. The minimum absolute atomic E-state index is 0.00183. The number of piperidine rings is 1. The highest BCUT2D eigenvalue weighted by atomic mass is 16.5. The van der Waals surface area contributed by atoms with E-state index in [1.54, 1.807) is 7.11 Å². The molecular formula is C14H20N2O3. The molecule has 0 aromatic heterocycles. The SMILES string of the molecule is CO[C@H]1CNCC[C@H]1NC(=O)OCc1ccccc1. The van der Waals surface area contributed by atoms with Gasteiger partial charge in [-0.25, -0.2) is 4.79 Å². The van der Waals surface area contributed by atoms with Crippen molar-refractivity contribution in [3.8, 4) is 0 Å². The second-order valence-electron chi connectivity index (χ2n) is 4.58. The summed E-state index contributed by atoms with van der Waals surface area (Å²) in [6.45, 7) is 1.92. The molecule has 1 aromatic carbocycles. The zero-order valence-corrected chi connectivity index (χ0v) is 11.1. The second-order valence-corrected chi connectivity index (χ2v) is 4.58. The number of alkyl carbamates (subject to hydrolysis) is 1. The molecule has 5 heteroatoms. The van der Waals surface area contributed by atoms with Crippen molar-refractivity contribution in [3.05, 3.63) is 35.9 Å². The largest absolute Gasteiger partial charge is 0.445 e. The van der Waals surface area contributed by atoms with Gasteiger partial charge in [0.15, 0.2) is 0 Å². The van der Waals surface area contributed by atoms with Gasteiger partial charge in [-0.05, 0) is 18.5 Å². The average Bonchev–Trinajstić information content (AvgIpc) is 2.47. The maximum Gasteiger partial charge on any atom is 0.407 e. The van der Waals surface area contributed by atoms with Gasteiger partial charge >= 0.3 is 6.09 Å². The lowest BCUT2D eigenvalue weighted by atomic mass is 10.0. The van der Waals surface area contributed by atoms with Crippen LogP contribution in [-0.2, 0) is 16.1 Å². The summed E-state index contributed by atoms with van der Waals surface area (Å²) in [7, 11) is 1.65. The summed E-state index contributed by atoms with van der Waals surface area (Å²) < 4.78 is 10.5. The van der Waals surface area contributed by atoms with Crippen molar-refractivity contribution >= 4 is 6.09 Å². The van der Waals surface area contributed by atoms with Crippen LogP contribution in [0.5, 0.6) is 0 Å². The van der Waals surface area contributed by atoms with Gasteiger partial charge in [-0.15, -0.1) is 0 Å². The van der Waals surface area contributed by atoms with Crippen LogP contribution in [0.4, 0.5) is 4.79 Å². The second kappa shape index (κ2) is 7.11. The summed E-state index contributed by atoms with van der Waals surface area (Å²) in [6.07, 6.45) is 0.453. The van der Waals surface area contributed by atoms with Crippen LogP contribution in [-0.4, -0.2) is 38.4 Å². The summed E-state index contributed by atoms with van der Waals surface area (Å²) in [5.74, 6) is 0. The molecule has 1 amide bonds. The van der Waals surface area contributed by atoms with Gasteiger partial charge in [0.1, 0.15) is 6.61 Å². The Labute approximate surface area is 113 Å². The molecular weight excluding hydrogens is 244 g/mol. The molecule has 2 N–H and O–H groups in total. The molecule has 19 heavy (non-hydrogen) atoms. The van der Waals surface area contributed by atoms with E-state index < -0.39 is 6.09 Å². The molecule has 1 aromatic rings. The number of hydrogen-bond acceptors (Lipinski definition) is 4. The van der Waals surface area contributed by atoms with E-state index in [4.69, 9.17) is 9.47 Å². The molecule has 104 valence electrons. The van der Waals surface area contributed by atoms with Gasteiger partial charge in [-0.3, -0.25) is 0 Å². The molecule has 1 fully saturated rings. The van der Waals surface area contributed by atoms with E-state index in [9.17, 15) is 4.79 Å². The van der Waals surface area contributed by atoms with Crippen molar-refractivity contribution in [2.45, 2.75) is 25.2 Å². The standard InChI is InChI=1S/C14H20N2O3/c1-18-13-9-15-8-7-12(13)16-14(17)19-10-11-5-3-2-4-6-11/h2-6,12-13,15H,7-10H2,1H3,(H,16,17)/t12-,13+/m1/s1. The number of carbonyl (C=O) groups excluding carboxylic acids is 1. The van der Waals surface area contributed by atoms with Crippen molar-refractivity contribution in [2.24, 2.45) is 0 Å². The number of amides is 1. The first kappa shape index (κ1) is 13.8. The molecule has 1 heterocycles. The Morgan fingerprint density at radius 1 is 1.42 bits per heavy atom. The van der Waals surface area contributed by atoms with Gasteiger partial charge in [0.2, 0.25) is 0 Å². The molecule has 0 aliphatic carbocycles. The lowest BCUT2D eigenvalue weighted by Crippen LogP contribution is -2.53. The first-order chi connectivity index (χ1) is 9.29. The number of benzene rings is 1. The van der Waals surface area contributed by atoms with E-state index >= 15 is 0 Å². The molecule has 5 nitrogen and oxygen atoms in total. The molecule has 0 bridgehead atoms. The average molecular weight is 264 g/mol. The van der Waals surface area contributed by atoms with Crippen LogP contribution in [0.2, 0.25) is 0 Å². The van der Waals surface area contributed by atoms with Gasteiger partial charge in [0, 0.05) is 13.7 Å². The molecule has 0 spiro atoms. The molecule has 0 saturated carbocycles. The maximum atomic E-state index is 11.7. The first-order valence-corrected chi connectivity index (χ1v) is 6.50. The van der Waals surface area contributed by atoms with E-state index in [1.165, 1.54) is 0 Å². The zero-order valence-electron chi connectivity index (χ0n) is 11.1. The molecule has 1 aliphatic heterocycles. The Kier molecular flexibility index (Phi) is 5.18. The zero-order chi connectivity index (χ0) is 13.5. The quantitative estimate of drug-likeness (QED) is 0.860. The fraction of sp³-hybridized carbons (Fsp3) is 0.500. The first-order valence-electron chi connectivity index (χ1n) is 6.50. The van der Waals surface area contributed by atoms with E-state index in [1.807, 2.05) is 30.3 Å². The van der Waals surface area contributed by atoms with E-state index in [-0.39, 0.29) is 18.8 Å². The van der Waals surface area contributed by atoms with Gasteiger partial charge in [0.25, 0.3) is 0 Å². The molecule has 1 aliphatic rings. The van der Waals surface area contributed by atoms with Crippen molar-refractivity contribution < 1.29 is 14.3 Å². The minimum atomic E-state index is -0.391. The Balaban J connectivity index is 1.77. The van der Waals surface area contributed by atoms with Gasteiger partial charge in [-0.1, -0.05) is 30.3 Å². The molecule has 2 atom stereocenters. The number of carbonyl (C=O) groups is 1. The summed E-state index contributed by atoms with van der Waals surface area (Å²) in [5.41, 5.74) is 0.978. The van der Waals surface area contributed by atoms with Crippen molar-refractivity contribution in [1.29, 1.82) is 0 Å². The third-order valence-electron chi connectivity index (χ3n) is 3.25.